The van der Waals surface area contributed by atoms with Crippen molar-refractivity contribution in [3.8, 4) is 5.75 Å². The number of aromatic nitrogens is 4. The Morgan fingerprint density at radius 3 is 2.56 bits per heavy atom. The Bertz CT molecular complexity index is 1330. The van der Waals surface area contributed by atoms with Crippen LogP contribution in [0.25, 0.3) is 5.78 Å². The number of nitrogens with zero attached hydrogens (tertiary/aromatic N) is 4. The number of amides is 1. The summed E-state index contributed by atoms with van der Waals surface area (Å²) in [7, 11) is 0. The van der Waals surface area contributed by atoms with Crippen LogP contribution in [0.5, 0.6) is 5.75 Å². The summed E-state index contributed by atoms with van der Waals surface area (Å²) < 4.78 is 7.21. The molecule has 34 heavy (non-hydrogen) atoms. The zero-order valence-electron chi connectivity index (χ0n) is 20.2. The van der Waals surface area contributed by atoms with Crippen molar-refractivity contribution in [2.24, 2.45) is 0 Å². The number of aryl methyl sites for hydroxylation is 4. The van der Waals surface area contributed by atoms with E-state index in [4.69, 9.17) is 4.74 Å². The predicted octanol–water partition coefficient (Wildman–Crippen LogP) is 5.08. The van der Waals surface area contributed by atoms with Crippen LogP contribution < -0.4 is 10.1 Å². The van der Waals surface area contributed by atoms with E-state index >= 15 is 0 Å². The maximum absolute atomic E-state index is 12.4. The summed E-state index contributed by atoms with van der Waals surface area (Å²) in [5.74, 6) is 1.41. The number of hydrogen-bond donors (Lipinski definition) is 1. The number of benzene rings is 2. The maximum Gasteiger partial charge on any atom is 0.253 e. The van der Waals surface area contributed by atoms with E-state index in [9.17, 15) is 4.79 Å². The molecule has 0 unspecified atom stereocenters. The molecule has 2 heterocycles. The van der Waals surface area contributed by atoms with Gasteiger partial charge in [-0.3, -0.25) is 4.79 Å². The molecule has 1 N–H and O–H groups in total. The average molecular weight is 476 g/mol. The van der Waals surface area contributed by atoms with Gasteiger partial charge in [-0.1, -0.05) is 35.5 Å². The average Bonchev–Trinajstić information content (AvgIpc) is 3.22. The number of carbonyl (C=O) groups excluding carboxylic acids is 1. The van der Waals surface area contributed by atoms with Gasteiger partial charge in [-0.2, -0.15) is 4.98 Å². The van der Waals surface area contributed by atoms with Gasteiger partial charge >= 0.3 is 0 Å². The minimum Gasteiger partial charge on any atom is -0.494 e. The minimum atomic E-state index is -0.121. The second kappa shape index (κ2) is 10.3. The van der Waals surface area contributed by atoms with Gasteiger partial charge in [0.1, 0.15) is 5.75 Å². The molecule has 8 heteroatoms. The van der Waals surface area contributed by atoms with Crippen LogP contribution in [0.4, 0.5) is 5.69 Å². The van der Waals surface area contributed by atoms with Gasteiger partial charge in [-0.05, 0) is 75.6 Å². The Morgan fingerprint density at radius 2 is 1.82 bits per heavy atom. The van der Waals surface area contributed by atoms with Crippen LogP contribution in [0.3, 0.4) is 0 Å². The maximum atomic E-state index is 12.4. The van der Waals surface area contributed by atoms with Gasteiger partial charge in [0.2, 0.25) is 11.1 Å². The number of anilines is 1. The third-order valence-electron chi connectivity index (χ3n) is 5.68. The molecule has 0 bridgehead atoms. The van der Waals surface area contributed by atoms with E-state index in [1.807, 2.05) is 45.0 Å². The molecule has 4 aromatic rings. The van der Waals surface area contributed by atoms with E-state index in [1.54, 1.807) is 4.52 Å². The Morgan fingerprint density at radius 1 is 1.06 bits per heavy atom. The molecule has 7 nitrogen and oxygen atoms in total. The van der Waals surface area contributed by atoms with Crippen molar-refractivity contribution in [2.45, 2.75) is 46.2 Å². The fraction of sp³-hybridized carbons (Fsp3) is 0.308. The lowest BCUT2D eigenvalue weighted by molar-refractivity contribution is -0.113. The van der Waals surface area contributed by atoms with Crippen molar-refractivity contribution < 1.29 is 9.53 Å². The van der Waals surface area contributed by atoms with Crippen LogP contribution in [0, 0.1) is 27.7 Å². The van der Waals surface area contributed by atoms with Crippen LogP contribution >= 0.6 is 11.8 Å². The molecule has 2 aromatic heterocycles. The third-order valence-corrected chi connectivity index (χ3v) is 6.52. The van der Waals surface area contributed by atoms with E-state index in [-0.39, 0.29) is 11.7 Å². The first-order valence-electron chi connectivity index (χ1n) is 11.3. The van der Waals surface area contributed by atoms with Gasteiger partial charge in [0.15, 0.2) is 0 Å². The highest BCUT2D eigenvalue weighted by molar-refractivity contribution is 7.99. The lowest BCUT2D eigenvalue weighted by Crippen LogP contribution is -2.14. The fourth-order valence-electron chi connectivity index (χ4n) is 3.82. The molecule has 0 atom stereocenters. The van der Waals surface area contributed by atoms with Crippen LogP contribution in [0.15, 0.2) is 47.6 Å². The highest BCUT2D eigenvalue weighted by Gasteiger charge is 2.16. The molecule has 1 amide bonds. The van der Waals surface area contributed by atoms with Gasteiger partial charge < -0.3 is 10.1 Å². The number of hydrogen-bond acceptors (Lipinski definition) is 6. The topological polar surface area (TPSA) is 81.4 Å². The molecule has 0 fully saturated rings. The summed E-state index contributed by atoms with van der Waals surface area (Å²) in [6.07, 6.45) is 0.793. The first-order chi connectivity index (χ1) is 16.3. The van der Waals surface area contributed by atoms with Crippen molar-refractivity contribution in [3.63, 3.8) is 0 Å². The van der Waals surface area contributed by atoms with Crippen molar-refractivity contribution in [1.82, 2.24) is 19.6 Å². The second-order valence-electron chi connectivity index (χ2n) is 8.27. The number of thioether (sulfide) groups is 1. The molecule has 0 aliphatic carbocycles. The zero-order chi connectivity index (χ0) is 24.2. The number of ether oxygens (including phenoxy) is 1. The Balaban J connectivity index is 1.46. The van der Waals surface area contributed by atoms with Crippen LogP contribution in [-0.4, -0.2) is 37.8 Å². The summed E-state index contributed by atoms with van der Waals surface area (Å²) >= 11 is 1.29. The van der Waals surface area contributed by atoms with E-state index in [1.165, 1.54) is 28.5 Å². The monoisotopic (exact) mass is 475 g/mol. The smallest absolute Gasteiger partial charge is 0.253 e. The standard InChI is InChI=1S/C26H29N5O2S/c1-6-33-22-11-9-21(10-12-22)28-24(32)15-34-26-29-25-27-18(4)23(19(5)31(25)30-26)14-20-13-16(2)7-8-17(20)3/h7-13H,6,14-15H2,1-5H3,(H,28,32). The molecule has 4 rings (SSSR count). The third kappa shape index (κ3) is 5.39. The number of carbonyl (C=O) groups is 1. The van der Waals surface area contributed by atoms with Crippen LogP contribution in [0.1, 0.15) is 40.6 Å². The summed E-state index contributed by atoms with van der Waals surface area (Å²) in [5, 5.41) is 8.03. The minimum absolute atomic E-state index is 0.121. The molecule has 2 aromatic carbocycles. The first kappa shape index (κ1) is 23.8. The van der Waals surface area contributed by atoms with Crippen LogP contribution in [0.2, 0.25) is 0 Å². The summed E-state index contributed by atoms with van der Waals surface area (Å²) in [5.41, 5.74) is 7.63. The van der Waals surface area contributed by atoms with Crippen molar-refractivity contribution in [2.75, 3.05) is 17.7 Å². The fourth-order valence-corrected chi connectivity index (χ4v) is 4.43. The Kier molecular flexibility index (Phi) is 7.17. The molecule has 0 aliphatic heterocycles. The lowest BCUT2D eigenvalue weighted by Gasteiger charge is -2.12. The highest BCUT2D eigenvalue weighted by atomic mass is 32.2. The lowest BCUT2D eigenvalue weighted by atomic mass is 9.97. The van der Waals surface area contributed by atoms with E-state index < -0.39 is 0 Å². The van der Waals surface area contributed by atoms with Gasteiger partial charge in [0.25, 0.3) is 5.78 Å². The van der Waals surface area contributed by atoms with E-state index in [2.05, 4.69) is 52.4 Å². The van der Waals surface area contributed by atoms with Crippen molar-refractivity contribution in [3.05, 3.63) is 76.1 Å². The van der Waals surface area contributed by atoms with Crippen LogP contribution in [-0.2, 0) is 11.2 Å². The van der Waals surface area contributed by atoms with Gasteiger partial charge in [-0.25, -0.2) is 9.50 Å². The summed E-state index contributed by atoms with van der Waals surface area (Å²) in [6, 6.07) is 13.8. The quantitative estimate of drug-likeness (QED) is 0.358. The first-order valence-corrected chi connectivity index (χ1v) is 12.3. The predicted molar refractivity (Wildman–Crippen MR) is 136 cm³/mol. The van der Waals surface area contributed by atoms with E-state index in [0.29, 0.717) is 17.5 Å². The number of nitrogens with one attached hydrogen (secondary N) is 1. The molecule has 0 saturated carbocycles. The molecule has 0 spiro atoms. The summed E-state index contributed by atoms with van der Waals surface area (Å²) in [6.45, 7) is 10.8. The molecule has 176 valence electrons. The molecule has 0 aliphatic rings. The van der Waals surface area contributed by atoms with Crippen molar-refractivity contribution >= 4 is 29.1 Å². The second-order valence-corrected chi connectivity index (χ2v) is 9.21. The SMILES string of the molecule is CCOc1ccc(NC(=O)CSc2nc3nc(C)c(Cc4cc(C)ccc4C)c(C)n3n2)cc1. The Labute approximate surface area is 204 Å². The highest BCUT2D eigenvalue weighted by Crippen LogP contribution is 2.23. The largest absolute Gasteiger partial charge is 0.494 e. The number of rotatable bonds is 8. The van der Waals surface area contributed by atoms with Gasteiger partial charge in [0, 0.05) is 23.5 Å². The molecule has 0 radical (unpaired) electrons. The number of fused-ring (bicyclic) bond motifs is 1. The van der Waals surface area contributed by atoms with Gasteiger partial charge in [0.05, 0.1) is 12.4 Å². The Hall–Kier alpha value is -3.39. The molecular formula is C26H29N5O2S. The molecule has 0 saturated heterocycles. The van der Waals surface area contributed by atoms with Crippen molar-refractivity contribution in [1.29, 1.82) is 0 Å². The van der Waals surface area contributed by atoms with Gasteiger partial charge in [-0.15, -0.1) is 5.10 Å². The zero-order valence-corrected chi connectivity index (χ0v) is 21.0. The normalized spacial score (nSPS) is 11.1. The summed E-state index contributed by atoms with van der Waals surface area (Å²) in [4.78, 5) is 21.6. The molecular weight excluding hydrogens is 446 g/mol. The van der Waals surface area contributed by atoms with E-state index in [0.717, 1.165) is 34.8 Å².